The summed E-state index contributed by atoms with van der Waals surface area (Å²) in [6.45, 7) is 6.85. The van der Waals surface area contributed by atoms with Crippen LogP contribution >= 0.6 is 0 Å². The van der Waals surface area contributed by atoms with Gasteiger partial charge < -0.3 is 15.7 Å². The Labute approximate surface area is 99.4 Å². The summed E-state index contributed by atoms with van der Waals surface area (Å²) in [6.07, 6.45) is 3.59. The molecular formula is C11H16N2O4. The van der Waals surface area contributed by atoms with Crippen LogP contribution in [0.5, 0.6) is 0 Å². The molecule has 6 nitrogen and oxygen atoms in total. The molecule has 0 rings (SSSR count). The lowest BCUT2D eigenvalue weighted by Crippen LogP contribution is -2.49. The molecule has 0 aromatic rings. The van der Waals surface area contributed by atoms with Gasteiger partial charge in [-0.15, -0.1) is 13.2 Å². The lowest BCUT2D eigenvalue weighted by molar-refractivity contribution is -0.142. The Morgan fingerprint density at radius 3 is 2.12 bits per heavy atom. The van der Waals surface area contributed by atoms with Gasteiger partial charge in [-0.3, -0.25) is 9.59 Å². The van der Waals surface area contributed by atoms with Crippen LogP contribution in [-0.4, -0.2) is 35.5 Å². The topological polar surface area (TPSA) is 95.5 Å². The normalized spacial score (nSPS) is 12.9. The summed E-state index contributed by atoms with van der Waals surface area (Å²) in [5.74, 6) is -1.71. The van der Waals surface area contributed by atoms with E-state index in [4.69, 9.17) is 5.11 Å². The van der Waals surface area contributed by atoms with Gasteiger partial charge in [0.25, 0.3) is 0 Å². The summed E-state index contributed by atoms with van der Waals surface area (Å²) >= 11 is 0. The van der Waals surface area contributed by atoms with E-state index in [1.165, 1.54) is 12.2 Å². The first-order chi connectivity index (χ1) is 8.06. The van der Waals surface area contributed by atoms with Crippen molar-refractivity contribution in [3.8, 4) is 0 Å². The molecule has 0 aliphatic heterocycles. The van der Waals surface area contributed by atoms with Gasteiger partial charge in [-0.25, -0.2) is 4.79 Å². The molecule has 0 aromatic heterocycles. The highest BCUT2D eigenvalue weighted by Crippen LogP contribution is 1.97. The molecular weight excluding hydrogens is 224 g/mol. The van der Waals surface area contributed by atoms with Crippen LogP contribution in [0.3, 0.4) is 0 Å². The zero-order valence-corrected chi connectivity index (χ0v) is 9.39. The van der Waals surface area contributed by atoms with Gasteiger partial charge >= 0.3 is 5.97 Å². The summed E-state index contributed by atoms with van der Waals surface area (Å²) in [7, 11) is 0. The van der Waals surface area contributed by atoms with E-state index in [2.05, 4.69) is 23.8 Å². The van der Waals surface area contributed by atoms with E-state index < -0.39 is 24.0 Å². The van der Waals surface area contributed by atoms with E-state index >= 15 is 0 Å². The van der Waals surface area contributed by atoms with Crippen molar-refractivity contribution >= 4 is 18.3 Å². The van der Waals surface area contributed by atoms with Crippen LogP contribution in [0.2, 0.25) is 0 Å². The Morgan fingerprint density at radius 1 is 1.18 bits per heavy atom. The smallest absolute Gasteiger partial charge is 0.326 e. The van der Waals surface area contributed by atoms with Gasteiger partial charge in [-0.2, -0.15) is 0 Å². The summed E-state index contributed by atoms with van der Waals surface area (Å²) in [5.41, 5.74) is 0. The van der Waals surface area contributed by atoms with Crippen molar-refractivity contribution in [2.24, 2.45) is 0 Å². The van der Waals surface area contributed by atoms with Crippen LogP contribution in [0, 0.1) is 0 Å². The second-order valence-electron chi connectivity index (χ2n) is 3.29. The largest absolute Gasteiger partial charge is 0.480 e. The summed E-state index contributed by atoms with van der Waals surface area (Å²) in [4.78, 5) is 32.7. The molecule has 0 radical (unpaired) electrons. The van der Waals surface area contributed by atoms with Gasteiger partial charge in [0.2, 0.25) is 12.3 Å². The molecule has 6 heteroatoms. The highest BCUT2D eigenvalue weighted by Gasteiger charge is 2.23. The molecule has 3 N–H and O–H groups in total. The molecule has 0 bridgehead atoms. The van der Waals surface area contributed by atoms with Crippen LogP contribution in [0.25, 0.3) is 0 Å². The number of aliphatic carboxylic acids is 1. The van der Waals surface area contributed by atoms with Crippen LogP contribution in [0.4, 0.5) is 0 Å². The maximum Gasteiger partial charge on any atom is 0.326 e. The Bertz CT molecular complexity index is 305. The predicted octanol–water partition coefficient (Wildman–Crippen LogP) is -0.177. The van der Waals surface area contributed by atoms with Crippen molar-refractivity contribution in [1.82, 2.24) is 10.6 Å². The van der Waals surface area contributed by atoms with Crippen molar-refractivity contribution in [3.05, 3.63) is 25.3 Å². The average Bonchev–Trinajstić information content (AvgIpc) is 2.28. The second-order valence-corrected chi connectivity index (χ2v) is 3.29. The zero-order chi connectivity index (χ0) is 13.3. The number of carbonyl (C=O) groups excluding carboxylic acids is 2. The maximum atomic E-state index is 11.6. The Kier molecular flexibility index (Phi) is 7.09. The summed E-state index contributed by atoms with van der Waals surface area (Å²) in [6, 6.07) is -1.85. The first-order valence-electron chi connectivity index (χ1n) is 5.01. The second kappa shape index (κ2) is 8.09. The number of carboxylic acid groups (broad SMARTS) is 1. The minimum absolute atomic E-state index is 0.114. The van der Waals surface area contributed by atoms with E-state index in [-0.39, 0.29) is 12.8 Å². The van der Waals surface area contributed by atoms with Crippen LogP contribution < -0.4 is 10.6 Å². The standard InChI is InChI=1S/C11H16N2O4/c1-3-5-8(12-7-14)10(15)13-9(6-4-2)11(16)17/h3-4,7-9H,1-2,5-6H2,(H,12,14)(H,13,15)(H,16,17)/t8-,9+/m0/s1. The minimum Gasteiger partial charge on any atom is -0.480 e. The van der Waals surface area contributed by atoms with Crippen LogP contribution in [-0.2, 0) is 14.4 Å². The Balaban J connectivity index is 4.53. The van der Waals surface area contributed by atoms with Gasteiger partial charge in [0, 0.05) is 0 Å². The third-order valence-electron chi connectivity index (χ3n) is 2.01. The van der Waals surface area contributed by atoms with E-state index in [0.29, 0.717) is 6.41 Å². The zero-order valence-electron chi connectivity index (χ0n) is 9.39. The molecule has 0 aromatic carbocycles. The Hall–Kier alpha value is -2.11. The van der Waals surface area contributed by atoms with E-state index in [9.17, 15) is 14.4 Å². The van der Waals surface area contributed by atoms with Crippen molar-refractivity contribution in [1.29, 1.82) is 0 Å². The molecule has 0 heterocycles. The molecule has 0 saturated heterocycles. The van der Waals surface area contributed by atoms with Gasteiger partial charge in [-0.05, 0) is 12.8 Å². The van der Waals surface area contributed by atoms with Gasteiger partial charge in [0.1, 0.15) is 12.1 Å². The van der Waals surface area contributed by atoms with Crippen LogP contribution in [0.15, 0.2) is 25.3 Å². The van der Waals surface area contributed by atoms with Crippen molar-refractivity contribution in [3.63, 3.8) is 0 Å². The van der Waals surface area contributed by atoms with Gasteiger partial charge in [0.05, 0.1) is 0 Å². The molecule has 0 aliphatic rings. The first-order valence-corrected chi connectivity index (χ1v) is 5.01. The third kappa shape index (κ3) is 5.50. The molecule has 0 aliphatic carbocycles. The molecule has 94 valence electrons. The predicted molar refractivity (Wildman–Crippen MR) is 62.2 cm³/mol. The van der Waals surface area contributed by atoms with E-state index in [1.807, 2.05) is 0 Å². The Morgan fingerprint density at radius 2 is 1.71 bits per heavy atom. The molecule has 2 atom stereocenters. The minimum atomic E-state index is -1.15. The maximum absolute atomic E-state index is 11.6. The van der Waals surface area contributed by atoms with Crippen molar-refractivity contribution < 1.29 is 19.5 Å². The molecule has 0 unspecified atom stereocenters. The molecule has 17 heavy (non-hydrogen) atoms. The molecule has 0 spiro atoms. The number of nitrogens with one attached hydrogen (secondary N) is 2. The SMILES string of the molecule is C=CC[C@H](NC=O)C(=O)N[C@H](CC=C)C(=O)O. The van der Waals surface area contributed by atoms with Crippen LogP contribution in [0.1, 0.15) is 12.8 Å². The number of carbonyl (C=O) groups is 3. The van der Waals surface area contributed by atoms with Crippen molar-refractivity contribution in [2.45, 2.75) is 24.9 Å². The van der Waals surface area contributed by atoms with Crippen molar-refractivity contribution in [2.75, 3.05) is 0 Å². The highest BCUT2D eigenvalue weighted by atomic mass is 16.4. The molecule has 2 amide bonds. The number of rotatable bonds is 9. The molecule has 0 saturated carbocycles. The molecule has 0 fully saturated rings. The van der Waals surface area contributed by atoms with Gasteiger partial charge in [0.15, 0.2) is 0 Å². The fourth-order valence-electron chi connectivity index (χ4n) is 1.16. The summed E-state index contributed by atoms with van der Waals surface area (Å²) < 4.78 is 0. The number of amides is 2. The fourth-order valence-corrected chi connectivity index (χ4v) is 1.16. The highest BCUT2D eigenvalue weighted by molar-refractivity contribution is 5.88. The first kappa shape index (κ1) is 14.9. The van der Waals surface area contributed by atoms with Gasteiger partial charge in [-0.1, -0.05) is 12.2 Å². The lowest BCUT2D eigenvalue weighted by Gasteiger charge is -2.18. The third-order valence-corrected chi connectivity index (χ3v) is 2.01. The summed E-state index contributed by atoms with van der Waals surface area (Å²) in [5, 5.41) is 13.4. The number of hydrogen-bond acceptors (Lipinski definition) is 3. The average molecular weight is 240 g/mol. The quantitative estimate of drug-likeness (QED) is 0.385. The monoisotopic (exact) mass is 240 g/mol. The van der Waals surface area contributed by atoms with E-state index in [1.54, 1.807) is 0 Å². The van der Waals surface area contributed by atoms with E-state index in [0.717, 1.165) is 0 Å². The number of hydrogen-bond donors (Lipinski definition) is 3. The lowest BCUT2D eigenvalue weighted by atomic mass is 10.1. The number of carboxylic acids is 1. The fraction of sp³-hybridized carbons (Fsp3) is 0.364.